The van der Waals surface area contributed by atoms with Crippen molar-refractivity contribution in [1.82, 2.24) is 15.0 Å². The molecular formula is C19H22N4O3S. The summed E-state index contributed by atoms with van der Waals surface area (Å²) >= 11 is 0. The highest BCUT2D eigenvalue weighted by atomic mass is 32.2. The summed E-state index contributed by atoms with van der Waals surface area (Å²) in [6.45, 7) is 4.26. The number of carbonyl (C=O) groups is 1. The van der Waals surface area contributed by atoms with Crippen LogP contribution in [0.4, 0.5) is 0 Å². The van der Waals surface area contributed by atoms with Gasteiger partial charge in [0.15, 0.2) is 0 Å². The standard InChI is InChI=1S/C19H22N4O3S/c1-3-13(2)17(19(24)21-12-14-8-10-20-11-9-14)22-18-15-6-4-5-7-16(15)27(25,26)23-18/h4-11,13,17H,3,12H2,1-2H3,(H,21,24)(H,22,23)/t13-,17-/m0/s1. The Labute approximate surface area is 159 Å². The molecule has 0 saturated heterocycles. The van der Waals surface area contributed by atoms with Gasteiger partial charge >= 0.3 is 0 Å². The van der Waals surface area contributed by atoms with E-state index in [1.54, 1.807) is 30.6 Å². The molecule has 1 aliphatic heterocycles. The number of hydrogen-bond donors (Lipinski definition) is 2. The monoisotopic (exact) mass is 386 g/mol. The summed E-state index contributed by atoms with van der Waals surface area (Å²) in [7, 11) is -3.63. The first-order chi connectivity index (χ1) is 12.9. The van der Waals surface area contributed by atoms with E-state index >= 15 is 0 Å². The van der Waals surface area contributed by atoms with Crippen LogP contribution in [-0.4, -0.2) is 31.2 Å². The first kappa shape index (κ1) is 19.0. The van der Waals surface area contributed by atoms with Crippen LogP contribution in [0.2, 0.25) is 0 Å². The van der Waals surface area contributed by atoms with Crippen molar-refractivity contribution in [2.75, 3.05) is 0 Å². The molecule has 2 aromatic rings. The Bertz CT molecular complexity index is 958. The molecule has 8 heteroatoms. The summed E-state index contributed by atoms with van der Waals surface area (Å²) in [5, 5.41) is 2.88. The van der Waals surface area contributed by atoms with Gasteiger partial charge in [-0.25, -0.2) is 8.42 Å². The van der Waals surface area contributed by atoms with E-state index in [1.165, 1.54) is 6.07 Å². The number of nitrogens with zero attached hydrogens (tertiary/aromatic N) is 2. The van der Waals surface area contributed by atoms with Crippen LogP contribution in [0.3, 0.4) is 0 Å². The van der Waals surface area contributed by atoms with Crippen LogP contribution in [-0.2, 0) is 21.4 Å². The van der Waals surface area contributed by atoms with Gasteiger partial charge in [0, 0.05) is 24.5 Å². The van der Waals surface area contributed by atoms with Gasteiger partial charge in [-0.05, 0) is 35.7 Å². The third-order valence-electron chi connectivity index (χ3n) is 4.60. The number of carbonyl (C=O) groups excluding carboxylic acids is 1. The van der Waals surface area contributed by atoms with Gasteiger partial charge in [-0.3, -0.25) is 19.5 Å². The second-order valence-electron chi connectivity index (χ2n) is 6.48. The number of hydrogen-bond acceptors (Lipinski definition) is 5. The molecule has 2 heterocycles. The van der Waals surface area contributed by atoms with Crippen molar-refractivity contribution >= 4 is 21.8 Å². The Morgan fingerprint density at radius 1 is 1.22 bits per heavy atom. The number of sulfonamides is 1. The maximum Gasteiger partial charge on any atom is 0.263 e. The molecule has 0 aliphatic carbocycles. The molecule has 7 nitrogen and oxygen atoms in total. The predicted octanol–water partition coefficient (Wildman–Crippen LogP) is 1.85. The number of amides is 1. The molecule has 2 N–H and O–H groups in total. The van der Waals surface area contributed by atoms with Crippen molar-refractivity contribution < 1.29 is 13.2 Å². The molecule has 0 saturated carbocycles. The summed E-state index contributed by atoms with van der Waals surface area (Å²) in [5.41, 5.74) is 1.42. The summed E-state index contributed by atoms with van der Waals surface area (Å²) in [5.74, 6) is -0.0700. The topological polar surface area (TPSA) is 101 Å². The summed E-state index contributed by atoms with van der Waals surface area (Å²) in [4.78, 5) is 21.4. The fourth-order valence-corrected chi connectivity index (χ4v) is 4.07. The van der Waals surface area contributed by atoms with E-state index in [4.69, 9.17) is 0 Å². The van der Waals surface area contributed by atoms with Gasteiger partial charge in [0.1, 0.15) is 11.9 Å². The van der Waals surface area contributed by atoms with Gasteiger partial charge in [0.2, 0.25) is 5.91 Å². The van der Waals surface area contributed by atoms with Gasteiger partial charge in [-0.2, -0.15) is 0 Å². The lowest BCUT2D eigenvalue weighted by Gasteiger charge is -2.19. The Hall–Kier alpha value is -2.74. The van der Waals surface area contributed by atoms with Crippen LogP contribution in [0.5, 0.6) is 0 Å². The quantitative estimate of drug-likeness (QED) is 0.791. The highest BCUT2D eigenvalue weighted by Gasteiger charge is 2.33. The average molecular weight is 386 g/mol. The number of pyridine rings is 1. The zero-order valence-electron chi connectivity index (χ0n) is 15.2. The summed E-state index contributed by atoms with van der Waals surface area (Å²) < 4.78 is 27.0. The number of fused-ring (bicyclic) bond motifs is 1. The summed E-state index contributed by atoms with van der Waals surface area (Å²) in [6.07, 6.45) is 4.06. The fraction of sp³-hybridized carbons (Fsp3) is 0.316. The largest absolute Gasteiger partial charge is 0.350 e. The minimum absolute atomic E-state index is 0.0489. The van der Waals surface area contributed by atoms with E-state index in [9.17, 15) is 13.2 Å². The number of benzene rings is 1. The van der Waals surface area contributed by atoms with E-state index < -0.39 is 16.1 Å². The van der Waals surface area contributed by atoms with Crippen LogP contribution in [0.25, 0.3) is 0 Å². The molecule has 3 rings (SSSR count). The number of nitrogens with one attached hydrogen (secondary N) is 2. The van der Waals surface area contributed by atoms with E-state index in [2.05, 4.69) is 20.0 Å². The van der Waals surface area contributed by atoms with Crippen molar-refractivity contribution in [2.24, 2.45) is 10.9 Å². The van der Waals surface area contributed by atoms with Crippen LogP contribution < -0.4 is 10.0 Å². The zero-order valence-corrected chi connectivity index (χ0v) is 16.0. The highest BCUT2D eigenvalue weighted by molar-refractivity contribution is 7.90. The highest BCUT2D eigenvalue weighted by Crippen LogP contribution is 2.24. The first-order valence-electron chi connectivity index (χ1n) is 8.79. The minimum Gasteiger partial charge on any atom is -0.350 e. The SMILES string of the molecule is CC[C@H](C)[C@H](N=C1NS(=O)(=O)c2ccccc21)C(=O)NCc1ccncc1. The van der Waals surface area contributed by atoms with Gasteiger partial charge in [-0.15, -0.1) is 0 Å². The number of amidine groups is 1. The van der Waals surface area contributed by atoms with Crippen LogP contribution >= 0.6 is 0 Å². The lowest BCUT2D eigenvalue weighted by molar-refractivity contribution is -0.123. The molecule has 1 amide bonds. The van der Waals surface area contributed by atoms with E-state index in [1.807, 2.05) is 26.0 Å². The Morgan fingerprint density at radius 2 is 1.93 bits per heavy atom. The zero-order chi connectivity index (χ0) is 19.4. The number of aliphatic imine (C=N–C) groups is 1. The molecule has 2 atom stereocenters. The number of aromatic nitrogens is 1. The lowest BCUT2D eigenvalue weighted by Crippen LogP contribution is -2.38. The smallest absolute Gasteiger partial charge is 0.263 e. The van der Waals surface area contributed by atoms with Crippen molar-refractivity contribution in [3.05, 3.63) is 59.9 Å². The molecule has 0 fully saturated rings. The van der Waals surface area contributed by atoms with Gasteiger partial charge in [-0.1, -0.05) is 32.4 Å². The molecule has 0 unspecified atom stereocenters. The summed E-state index contributed by atoms with van der Waals surface area (Å²) in [6, 6.07) is 9.58. The fourth-order valence-electron chi connectivity index (χ4n) is 2.83. The molecule has 1 aromatic carbocycles. The van der Waals surface area contributed by atoms with E-state index in [0.29, 0.717) is 12.1 Å². The molecule has 0 radical (unpaired) electrons. The second-order valence-corrected chi connectivity index (χ2v) is 8.13. The Morgan fingerprint density at radius 3 is 2.63 bits per heavy atom. The molecule has 142 valence electrons. The maximum absolute atomic E-state index is 12.8. The van der Waals surface area contributed by atoms with Crippen molar-refractivity contribution in [2.45, 2.75) is 37.8 Å². The normalized spacial score (nSPS) is 18.4. The molecule has 0 spiro atoms. The van der Waals surface area contributed by atoms with E-state index in [-0.39, 0.29) is 22.6 Å². The predicted molar refractivity (Wildman–Crippen MR) is 103 cm³/mol. The molecule has 1 aliphatic rings. The Kier molecular flexibility index (Phi) is 5.55. The molecule has 0 bridgehead atoms. The van der Waals surface area contributed by atoms with E-state index in [0.717, 1.165) is 12.0 Å². The molecule has 1 aromatic heterocycles. The molecule has 27 heavy (non-hydrogen) atoms. The van der Waals surface area contributed by atoms with Gasteiger partial charge in [0.05, 0.1) is 4.90 Å². The lowest BCUT2D eigenvalue weighted by atomic mass is 9.98. The third kappa shape index (κ3) is 4.16. The van der Waals surface area contributed by atoms with Crippen molar-refractivity contribution in [3.8, 4) is 0 Å². The maximum atomic E-state index is 12.8. The second kappa shape index (κ2) is 7.87. The van der Waals surface area contributed by atoms with Crippen LogP contribution in [0, 0.1) is 5.92 Å². The minimum atomic E-state index is -3.63. The Balaban J connectivity index is 1.86. The number of rotatable bonds is 6. The van der Waals surface area contributed by atoms with Crippen molar-refractivity contribution in [1.29, 1.82) is 0 Å². The average Bonchev–Trinajstić information content (AvgIpc) is 2.95. The molecular weight excluding hydrogens is 364 g/mol. The first-order valence-corrected chi connectivity index (χ1v) is 10.3. The third-order valence-corrected chi connectivity index (χ3v) is 6.00. The van der Waals surface area contributed by atoms with Gasteiger partial charge < -0.3 is 5.32 Å². The van der Waals surface area contributed by atoms with Crippen LogP contribution in [0.15, 0.2) is 58.7 Å². The van der Waals surface area contributed by atoms with Crippen molar-refractivity contribution in [3.63, 3.8) is 0 Å². The van der Waals surface area contributed by atoms with Gasteiger partial charge in [0.25, 0.3) is 10.0 Å². The van der Waals surface area contributed by atoms with Crippen LogP contribution in [0.1, 0.15) is 31.4 Å².